The molecule has 1 heterocycles. The first-order valence-electron chi connectivity index (χ1n) is 7.66. The van der Waals surface area contributed by atoms with Crippen LogP contribution in [0.5, 0.6) is 0 Å². The summed E-state index contributed by atoms with van der Waals surface area (Å²) in [6.45, 7) is 7.04. The number of benzene rings is 1. The molecular weight excluding hydrogens is 264 g/mol. The third-order valence-corrected chi connectivity index (χ3v) is 4.19. The van der Waals surface area contributed by atoms with Crippen LogP contribution in [0.25, 0.3) is 0 Å². The van der Waals surface area contributed by atoms with E-state index in [4.69, 9.17) is 4.74 Å². The van der Waals surface area contributed by atoms with E-state index in [2.05, 4.69) is 37.4 Å². The average Bonchev–Trinajstić information content (AvgIpc) is 2.47. The van der Waals surface area contributed by atoms with Gasteiger partial charge in [-0.2, -0.15) is 0 Å². The maximum atomic E-state index is 11.7. The summed E-state index contributed by atoms with van der Waals surface area (Å²) in [6, 6.07) is 7.09. The second kappa shape index (κ2) is 7.57. The maximum absolute atomic E-state index is 11.7. The smallest absolute Gasteiger partial charge is 0.248 e. The fourth-order valence-corrected chi connectivity index (χ4v) is 2.85. The van der Waals surface area contributed by atoms with Gasteiger partial charge in [0.25, 0.3) is 0 Å². The van der Waals surface area contributed by atoms with Crippen LogP contribution in [0.3, 0.4) is 0 Å². The first-order chi connectivity index (χ1) is 10.1. The molecule has 2 rings (SSSR count). The van der Waals surface area contributed by atoms with Crippen LogP contribution in [-0.4, -0.2) is 43.7 Å². The molecule has 1 amide bonds. The Balaban J connectivity index is 1.77. The number of methoxy groups -OCH3 is 1. The second-order valence-corrected chi connectivity index (χ2v) is 5.90. The lowest BCUT2D eigenvalue weighted by Gasteiger charge is -2.32. The number of likely N-dealkylation sites (tertiary alicyclic amines) is 1. The van der Waals surface area contributed by atoms with E-state index in [-0.39, 0.29) is 12.5 Å². The zero-order valence-electron chi connectivity index (χ0n) is 13.3. The largest absolute Gasteiger partial charge is 0.375 e. The van der Waals surface area contributed by atoms with Crippen molar-refractivity contribution in [3.05, 3.63) is 34.9 Å². The molecule has 1 saturated heterocycles. The Morgan fingerprint density at radius 2 is 2.05 bits per heavy atom. The Bertz CT molecular complexity index is 480. The van der Waals surface area contributed by atoms with Gasteiger partial charge < -0.3 is 15.0 Å². The molecule has 0 unspecified atom stereocenters. The molecule has 1 aromatic carbocycles. The van der Waals surface area contributed by atoms with Gasteiger partial charge in [0.1, 0.15) is 6.61 Å². The van der Waals surface area contributed by atoms with E-state index in [0.29, 0.717) is 6.04 Å². The van der Waals surface area contributed by atoms with Crippen molar-refractivity contribution in [3.63, 3.8) is 0 Å². The lowest BCUT2D eigenvalue weighted by molar-refractivity contribution is -0.136. The number of rotatable bonds is 5. The average molecular weight is 290 g/mol. The predicted molar refractivity (Wildman–Crippen MR) is 84.2 cm³/mol. The number of aryl methyl sites for hydroxylation is 2. The topological polar surface area (TPSA) is 41.6 Å². The summed E-state index contributed by atoms with van der Waals surface area (Å²) in [5.41, 5.74) is 4.01. The molecule has 1 aliphatic heterocycles. The van der Waals surface area contributed by atoms with Crippen LogP contribution in [0.2, 0.25) is 0 Å². The molecule has 0 bridgehead atoms. The van der Waals surface area contributed by atoms with E-state index in [1.54, 1.807) is 7.11 Å². The molecule has 1 fully saturated rings. The number of carbonyl (C=O) groups is 1. The zero-order chi connectivity index (χ0) is 15.2. The number of carbonyl (C=O) groups excluding carboxylic acids is 1. The molecule has 1 aliphatic rings. The van der Waals surface area contributed by atoms with Crippen molar-refractivity contribution in [1.29, 1.82) is 0 Å². The van der Waals surface area contributed by atoms with E-state index < -0.39 is 0 Å². The number of hydrogen-bond acceptors (Lipinski definition) is 3. The van der Waals surface area contributed by atoms with Crippen molar-refractivity contribution in [2.45, 2.75) is 39.3 Å². The Kier molecular flexibility index (Phi) is 5.76. The van der Waals surface area contributed by atoms with Crippen LogP contribution in [0.1, 0.15) is 29.5 Å². The Morgan fingerprint density at radius 1 is 1.33 bits per heavy atom. The van der Waals surface area contributed by atoms with Gasteiger partial charge in [0.05, 0.1) is 0 Å². The van der Waals surface area contributed by atoms with Crippen LogP contribution in [0.15, 0.2) is 18.2 Å². The van der Waals surface area contributed by atoms with Crippen molar-refractivity contribution in [1.82, 2.24) is 10.2 Å². The van der Waals surface area contributed by atoms with E-state index in [1.165, 1.54) is 16.7 Å². The van der Waals surface area contributed by atoms with Gasteiger partial charge in [-0.15, -0.1) is 0 Å². The van der Waals surface area contributed by atoms with Crippen LogP contribution in [0.4, 0.5) is 0 Å². The number of nitrogens with one attached hydrogen (secondary N) is 1. The van der Waals surface area contributed by atoms with E-state index in [1.807, 2.05) is 4.90 Å². The molecule has 4 heteroatoms. The number of hydrogen-bond donors (Lipinski definition) is 1. The highest BCUT2D eigenvalue weighted by Crippen LogP contribution is 2.14. The van der Waals surface area contributed by atoms with Gasteiger partial charge in [-0.25, -0.2) is 0 Å². The quantitative estimate of drug-likeness (QED) is 0.902. The number of amides is 1. The van der Waals surface area contributed by atoms with E-state index >= 15 is 0 Å². The molecule has 0 aromatic heterocycles. The normalized spacial score (nSPS) is 16.2. The maximum Gasteiger partial charge on any atom is 0.248 e. The number of nitrogens with zero attached hydrogens (tertiary/aromatic N) is 1. The summed E-state index contributed by atoms with van der Waals surface area (Å²) in [7, 11) is 1.57. The minimum Gasteiger partial charge on any atom is -0.375 e. The second-order valence-electron chi connectivity index (χ2n) is 5.90. The lowest BCUT2D eigenvalue weighted by Crippen LogP contribution is -2.45. The van der Waals surface area contributed by atoms with Crippen LogP contribution in [0, 0.1) is 13.8 Å². The van der Waals surface area contributed by atoms with Crippen molar-refractivity contribution in [3.8, 4) is 0 Å². The number of ether oxygens (including phenoxy) is 1. The van der Waals surface area contributed by atoms with Gasteiger partial charge in [-0.05, 0) is 37.8 Å². The molecule has 4 nitrogen and oxygen atoms in total. The van der Waals surface area contributed by atoms with Gasteiger partial charge >= 0.3 is 0 Å². The first-order valence-corrected chi connectivity index (χ1v) is 7.66. The molecule has 21 heavy (non-hydrogen) atoms. The summed E-state index contributed by atoms with van der Waals surface area (Å²) in [6.07, 6.45) is 2.03. The van der Waals surface area contributed by atoms with Gasteiger partial charge in [0.2, 0.25) is 5.91 Å². The molecule has 0 saturated carbocycles. The summed E-state index contributed by atoms with van der Waals surface area (Å²) in [4.78, 5) is 13.6. The zero-order valence-corrected chi connectivity index (χ0v) is 13.3. The highest BCUT2D eigenvalue weighted by Gasteiger charge is 2.22. The lowest BCUT2D eigenvalue weighted by atomic mass is 10.0. The third kappa shape index (κ3) is 4.55. The molecule has 0 spiro atoms. The Labute approximate surface area is 127 Å². The van der Waals surface area contributed by atoms with Crippen LogP contribution in [-0.2, 0) is 16.1 Å². The molecule has 0 aliphatic carbocycles. The van der Waals surface area contributed by atoms with Crippen molar-refractivity contribution >= 4 is 5.91 Å². The minimum absolute atomic E-state index is 0.102. The van der Waals surface area contributed by atoms with E-state index in [0.717, 1.165) is 32.5 Å². The molecule has 1 N–H and O–H groups in total. The predicted octanol–water partition coefficient (Wildman–Crippen LogP) is 2.03. The molecule has 0 radical (unpaired) electrons. The summed E-state index contributed by atoms with van der Waals surface area (Å²) >= 11 is 0. The molecular formula is C17H26N2O2. The monoisotopic (exact) mass is 290 g/mol. The summed E-state index contributed by atoms with van der Waals surface area (Å²) in [5, 5.41) is 3.62. The standard InChI is InChI=1S/C17H26N2O2/c1-13-4-5-15(14(2)10-13)11-18-16-6-8-19(9-7-16)17(20)12-21-3/h4-5,10,16,18H,6-9,11-12H2,1-3H3. The minimum atomic E-state index is 0.102. The first kappa shape index (κ1) is 16.0. The fourth-order valence-electron chi connectivity index (χ4n) is 2.85. The SMILES string of the molecule is COCC(=O)N1CCC(NCc2ccc(C)cc2C)CC1. The van der Waals surface area contributed by atoms with Gasteiger partial charge in [-0.1, -0.05) is 23.8 Å². The van der Waals surface area contributed by atoms with Crippen LogP contribution >= 0.6 is 0 Å². The summed E-state index contributed by atoms with van der Waals surface area (Å²) < 4.78 is 4.90. The highest BCUT2D eigenvalue weighted by atomic mass is 16.5. The van der Waals surface area contributed by atoms with Gasteiger partial charge in [0, 0.05) is 32.8 Å². The van der Waals surface area contributed by atoms with E-state index in [9.17, 15) is 4.79 Å². The Morgan fingerprint density at radius 3 is 2.67 bits per heavy atom. The van der Waals surface area contributed by atoms with Gasteiger partial charge in [-0.3, -0.25) is 4.79 Å². The van der Waals surface area contributed by atoms with Gasteiger partial charge in [0.15, 0.2) is 0 Å². The summed E-state index contributed by atoms with van der Waals surface area (Å²) in [5.74, 6) is 0.102. The van der Waals surface area contributed by atoms with Crippen molar-refractivity contribution in [2.24, 2.45) is 0 Å². The highest BCUT2D eigenvalue weighted by molar-refractivity contribution is 5.77. The molecule has 116 valence electrons. The number of piperidine rings is 1. The Hall–Kier alpha value is -1.39. The van der Waals surface area contributed by atoms with Crippen LogP contribution < -0.4 is 5.32 Å². The van der Waals surface area contributed by atoms with Crippen molar-refractivity contribution in [2.75, 3.05) is 26.8 Å². The fraction of sp³-hybridized carbons (Fsp3) is 0.588. The third-order valence-electron chi connectivity index (χ3n) is 4.19. The van der Waals surface area contributed by atoms with Crippen molar-refractivity contribution < 1.29 is 9.53 Å². The molecule has 1 aromatic rings. The molecule has 0 atom stereocenters.